The van der Waals surface area contributed by atoms with Crippen LogP contribution in [0.5, 0.6) is 0 Å². The van der Waals surface area contributed by atoms with Crippen LogP contribution in [0.4, 0.5) is 0 Å². The van der Waals surface area contributed by atoms with E-state index in [1.165, 1.54) is 0 Å². The zero-order chi connectivity index (χ0) is 2.00. The van der Waals surface area contributed by atoms with Gasteiger partial charge in [0.2, 0.25) is 0 Å². The molecule has 0 atom stereocenters. The van der Waals surface area contributed by atoms with Crippen molar-refractivity contribution in [2.45, 2.75) is 0 Å². The molecule has 0 aliphatic rings. The molecule has 0 aliphatic heterocycles. The van der Waals surface area contributed by atoms with Gasteiger partial charge in [0, 0.05) is 29.6 Å². The second-order valence-corrected chi connectivity index (χ2v) is 0. The first-order chi connectivity index (χ1) is 1.00. The summed E-state index contributed by atoms with van der Waals surface area (Å²) in [5, 5.41) is 0. The van der Waals surface area contributed by atoms with Crippen molar-refractivity contribution in [1.82, 2.24) is 0 Å². The molecule has 6 nitrogen and oxygen atoms in total. The van der Waals surface area contributed by atoms with Gasteiger partial charge in [0.15, 0.2) is 0 Å². The molecule has 0 aliphatic carbocycles. The monoisotopic (exact) mass is 140 g/mol. The van der Waals surface area contributed by atoms with Gasteiger partial charge in [-0.05, 0) is 0 Å². The van der Waals surface area contributed by atoms with Crippen molar-refractivity contribution < 1.29 is 32.1 Å². The fourth-order valence-corrected chi connectivity index (χ4v) is 0. The molecule has 2 radical (unpaired) electrons. The molecular weight excluding hydrogens is 130 g/mol. The van der Waals surface area contributed by atoms with Crippen molar-refractivity contribution in [1.29, 1.82) is 0 Å². The van der Waals surface area contributed by atoms with E-state index in [1.54, 1.807) is 0 Å². The molecule has 0 aromatic carbocycles. The Bertz CT molecular complexity index is 8.49. The molecule has 0 heterocycles. The summed E-state index contributed by atoms with van der Waals surface area (Å²) in [5.41, 5.74) is 0. The minimum absolute atomic E-state index is 0. The Balaban J connectivity index is -0.000000000333. The van der Waals surface area contributed by atoms with Gasteiger partial charge in [-0.25, -0.2) is 0 Å². The Kier molecular flexibility index (Phi) is 17700. The molecule has 0 aromatic heterocycles. The van der Waals surface area contributed by atoms with Crippen molar-refractivity contribution in [3.8, 4) is 0 Å². The quantitative estimate of drug-likeness (QED) is 0.301. The largest absolute Gasteiger partial charge is 0 e. The van der Waals surface area contributed by atoms with E-state index in [1.807, 2.05) is 0 Å². The molecule has 0 aromatic rings. The number of rotatable bonds is 0. The average molecular weight is 140 g/mol. The van der Waals surface area contributed by atoms with E-state index >= 15 is 0 Å². The zero-order valence-electron chi connectivity index (χ0n) is 4.49. The van der Waals surface area contributed by atoms with E-state index in [2.05, 4.69) is 7.72 Å². The topological polar surface area (TPSA) is 175 Å². The molecule has 0 spiro atoms. The van der Waals surface area contributed by atoms with Crippen molar-refractivity contribution in [3.05, 3.63) is 0 Å². The Hall–Kier alpha value is 0.665. The molecular formula is H10BNaO6. The van der Waals surface area contributed by atoms with E-state index in [9.17, 15) is 0 Å². The third-order valence-electron chi connectivity index (χ3n) is 0. The van der Waals surface area contributed by atoms with Crippen LogP contribution >= 0.6 is 0 Å². The molecule has 0 saturated heterocycles. The average Bonchev–Trinajstić information content (AvgIpc) is 1.00. The van der Waals surface area contributed by atoms with Crippen LogP contribution in [-0.2, 0) is 4.70 Å². The van der Waals surface area contributed by atoms with Crippen LogP contribution in [0.2, 0.25) is 0 Å². The van der Waals surface area contributed by atoms with Crippen LogP contribution < -0.4 is 0 Å². The van der Waals surface area contributed by atoms with E-state index < -0.39 is 0 Å². The molecule has 0 fully saturated rings. The minimum Gasteiger partial charge on any atom is 0 e. The van der Waals surface area contributed by atoms with E-state index in [-0.39, 0.29) is 56.9 Å². The van der Waals surface area contributed by atoms with Gasteiger partial charge >= 0.3 is 12.4 Å². The SMILES string of the molecule is O.O.O.O.O.[B]=O.[Na]. The summed E-state index contributed by atoms with van der Waals surface area (Å²) in [6.45, 7) is 0. The maximum Gasteiger partial charge on any atom is 0 e. The van der Waals surface area contributed by atoms with Crippen LogP contribution in [0.1, 0.15) is 0 Å². The summed E-state index contributed by atoms with van der Waals surface area (Å²) >= 11 is 0. The molecule has 0 saturated carbocycles. The fraction of sp³-hybridized carbons (Fsp3) is 0. The number of hydrogen-bond donors (Lipinski definition) is 0. The Morgan fingerprint density at radius 3 is 0.625 bits per heavy atom. The zero-order valence-corrected chi connectivity index (χ0v) is 6.49. The van der Waals surface area contributed by atoms with Crippen LogP contribution in [-0.4, -0.2) is 64.7 Å². The molecule has 10 N–H and O–H groups in total. The van der Waals surface area contributed by atoms with Crippen molar-refractivity contribution in [2.24, 2.45) is 0 Å². The summed E-state index contributed by atoms with van der Waals surface area (Å²) in [4.78, 5) is 0. The van der Waals surface area contributed by atoms with Crippen molar-refractivity contribution >= 4 is 37.3 Å². The smallest absolute Gasteiger partial charge is 0 e. The van der Waals surface area contributed by atoms with Crippen LogP contribution in [0.25, 0.3) is 0 Å². The summed E-state index contributed by atoms with van der Waals surface area (Å²) in [7, 11) is 3.25. The van der Waals surface area contributed by atoms with Gasteiger partial charge < -0.3 is 27.4 Å². The maximum absolute atomic E-state index is 7.75. The molecule has 0 rings (SSSR count). The second kappa shape index (κ2) is 770. The maximum atomic E-state index is 7.75. The molecule has 50 valence electrons. The van der Waals surface area contributed by atoms with E-state index in [4.69, 9.17) is 4.70 Å². The van der Waals surface area contributed by atoms with Crippen LogP contribution in [0, 0.1) is 0 Å². The first kappa shape index (κ1) is 184. The first-order valence-electron chi connectivity index (χ1n) is 0.236. The van der Waals surface area contributed by atoms with Crippen molar-refractivity contribution in [3.63, 3.8) is 0 Å². The van der Waals surface area contributed by atoms with Gasteiger partial charge in [-0.3, -0.25) is 0 Å². The van der Waals surface area contributed by atoms with E-state index in [0.29, 0.717) is 0 Å². The predicted molar refractivity (Wildman–Crippen MR) is 30.3 cm³/mol. The third kappa shape index (κ3) is 484. The van der Waals surface area contributed by atoms with Crippen LogP contribution in [0.15, 0.2) is 0 Å². The Morgan fingerprint density at radius 1 is 0.625 bits per heavy atom. The van der Waals surface area contributed by atoms with Crippen molar-refractivity contribution in [2.75, 3.05) is 0 Å². The van der Waals surface area contributed by atoms with Crippen LogP contribution in [0.3, 0.4) is 0 Å². The van der Waals surface area contributed by atoms with Gasteiger partial charge in [0.25, 0.3) is 0 Å². The molecule has 0 unspecified atom stereocenters. The summed E-state index contributed by atoms with van der Waals surface area (Å²) in [6.07, 6.45) is 0. The summed E-state index contributed by atoms with van der Waals surface area (Å²) < 4.78 is 7.75. The van der Waals surface area contributed by atoms with Gasteiger partial charge in [-0.2, -0.15) is 0 Å². The van der Waals surface area contributed by atoms with Gasteiger partial charge in [0.1, 0.15) is 0 Å². The van der Waals surface area contributed by atoms with E-state index in [0.717, 1.165) is 0 Å². The molecule has 8 heavy (non-hydrogen) atoms. The Labute approximate surface area is 69.5 Å². The molecule has 8 heteroatoms. The predicted octanol–water partition coefficient (Wildman–Crippen LogP) is -5.00. The normalized spacial score (nSPS) is 0.375. The standard InChI is InChI=1S/BO.Na.5H2O/c1-2;;;;;;/h;;5*1H2. The second-order valence-electron chi connectivity index (χ2n) is 0. The van der Waals surface area contributed by atoms with Gasteiger partial charge in [-0.1, -0.05) is 0 Å². The molecule has 0 bridgehead atoms. The third-order valence-corrected chi connectivity index (χ3v) is 0. The van der Waals surface area contributed by atoms with Gasteiger partial charge in [-0.15, -0.1) is 0 Å². The first-order valence-corrected chi connectivity index (χ1v) is 0.236. The molecule has 0 amide bonds. The fourth-order valence-electron chi connectivity index (χ4n) is 0. The summed E-state index contributed by atoms with van der Waals surface area (Å²) in [6, 6.07) is 0. The minimum atomic E-state index is 0. The summed E-state index contributed by atoms with van der Waals surface area (Å²) in [5.74, 6) is 0. The van der Waals surface area contributed by atoms with Gasteiger partial charge in [0.05, 0.1) is 0 Å². The Morgan fingerprint density at radius 2 is 0.625 bits per heavy atom. The number of hydrogen-bond acceptors (Lipinski definition) is 1.